The van der Waals surface area contributed by atoms with Crippen LogP contribution in [0.25, 0.3) is 6.08 Å². The fraction of sp³-hybridized carbons (Fsp3) is 0.250. The van der Waals surface area contributed by atoms with E-state index >= 15 is 0 Å². The summed E-state index contributed by atoms with van der Waals surface area (Å²) in [7, 11) is 0. The van der Waals surface area contributed by atoms with Crippen molar-refractivity contribution in [1.82, 2.24) is 0 Å². The smallest absolute Gasteiger partial charge is 0.313 e. The molecule has 2 nitrogen and oxygen atoms in total. The highest BCUT2D eigenvalue weighted by Crippen LogP contribution is 2.47. The first-order chi connectivity index (χ1) is 6.73. The Morgan fingerprint density at radius 1 is 1.29 bits per heavy atom. The van der Waals surface area contributed by atoms with E-state index in [2.05, 4.69) is 0 Å². The lowest BCUT2D eigenvalue weighted by Crippen LogP contribution is -2.10. The van der Waals surface area contributed by atoms with Gasteiger partial charge in [0.25, 0.3) is 0 Å². The molecule has 0 aliphatic heterocycles. The fourth-order valence-corrected chi connectivity index (χ4v) is 1.41. The van der Waals surface area contributed by atoms with Crippen LogP contribution in [0.3, 0.4) is 0 Å². The number of hydrogen-bond donors (Lipinski definition) is 1. The molecule has 0 saturated heterocycles. The van der Waals surface area contributed by atoms with Crippen molar-refractivity contribution in [3.05, 3.63) is 42.0 Å². The monoisotopic (exact) mass is 188 g/mol. The topological polar surface area (TPSA) is 37.3 Å². The van der Waals surface area contributed by atoms with Crippen LogP contribution in [0.2, 0.25) is 0 Å². The quantitative estimate of drug-likeness (QED) is 0.791. The van der Waals surface area contributed by atoms with Gasteiger partial charge in [-0.05, 0) is 18.4 Å². The maximum absolute atomic E-state index is 10.9. The summed E-state index contributed by atoms with van der Waals surface area (Å²) >= 11 is 0. The molecule has 0 heterocycles. The van der Waals surface area contributed by atoms with Crippen LogP contribution in [-0.2, 0) is 4.79 Å². The largest absolute Gasteiger partial charge is 0.481 e. The van der Waals surface area contributed by atoms with Gasteiger partial charge in [-0.3, -0.25) is 4.79 Å². The van der Waals surface area contributed by atoms with Crippen LogP contribution < -0.4 is 0 Å². The Bertz CT molecular complexity index is 361. The summed E-state index contributed by atoms with van der Waals surface area (Å²) in [5, 5.41) is 8.93. The van der Waals surface area contributed by atoms with Gasteiger partial charge in [0.2, 0.25) is 0 Å². The maximum Gasteiger partial charge on any atom is 0.313 e. The molecular formula is C12H12O2. The molecular weight excluding hydrogens is 176 g/mol. The highest BCUT2D eigenvalue weighted by Gasteiger charge is 2.47. The van der Waals surface area contributed by atoms with Gasteiger partial charge < -0.3 is 5.11 Å². The summed E-state index contributed by atoms with van der Waals surface area (Å²) in [4.78, 5) is 10.9. The molecule has 1 fully saturated rings. The molecule has 1 aliphatic rings. The fourth-order valence-electron chi connectivity index (χ4n) is 1.41. The lowest BCUT2D eigenvalue weighted by atomic mass is 10.1. The Balaban J connectivity index is 2.12. The lowest BCUT2D eigenvalue weighted by molar-refractivity contribution is -0.141. The van der Waals surface area contributed by atoms with Crippen molar-refractivity contribution in [2.24, 2.45) is 5.41 Å². The zero-order valence-electron chi connectivity index (χ0n) is 7.81. The van der Waals surface area contributed by atoms with Gasteiger partial charge in [-0.1, -0.05) is 42.5 Å². The Labute approximate surface area is 82.9 Å². The van der Waals surface area contributed by atoms with Gasteiger partial charge in [-0.25, -0.2) is 0 Å². The van der Waals surface area contributed by atoms with Crippen molar-refractivity contribution >= 4 is 12.0 Å². The minimum absolute atomic E-state index is 0.560. The normalized spacial score (nSPS) is 18.3. The van der Waals surface area contributed by atoms with Crippen molar-refractivity contribution in [2.45, 2.75) is 12.8 Å². The van der Waals surface area contributed by atoms with Crippen LogP contribution in [0.1, 0.15) is 18.4 Å². The van der Waals surface area contributed by atoms with E-state index in [0.29, 0.717) is 0 Å². The molecule has 0 bridgehead atoms. The van der Waals surface area contributed by atoms with E-state index in [0.717, 1.165) is 18.4 Å². The van der Waals surface area contributed by atoms with E-state index in [9.17, 15) is 4.79 Å². The Kier molecular flexibility index (Phi) is 2.12. The second-order valence-corrected chi connectivity index (χ2v) is 3.71. The predicted octanol–water partition coefficient (Wildman–Crippen LogP) is 2.56. The van der Waals surface area contributed by atoms with E-state index in [4.69, 9.17) is 5.11 Å². The molecule has 0 aromatic heterocycles. The number of carboxylic acid groups (broad SMARTS) is 1. The summed E-state index contributed by atoms with van der Waals surface area (Å²) in [5.74, 6) is -0.704. The molecule has 14 heavy (non-hydrogen) atoms. The Morgan fingerprint density at radius 3 is 2.43 bits per heavy atom. The van der Waals surface area contributed by atoms with E-state index in [1.807, 2.05) is 42.5 Å². The minimum Gasteiger partial charge on any atom is -0.481 e. The SMILES string of the molecule is O=C(O)C1(C=Cc2ccccc2)CC1. The number of carbonyl (C=O) groups is 1. The first kappa shape index (κ1) is 9.00. The summed E-state index contributed by atoms with van der Waals surface area (Å²) < 4.78 is 0. The number of aliphatic carboxylic acids is 1. The van der Waals surface area contributed by atoms with E-state index < -0.39 is 11.4 Å². The highest BCUT2D eigenvalue weighted by molar-refractivity contribution is 5.81. The molecule has 0 spiro atoms. The number of carboxylic acids is 1. The second kappa shape index (κ2) is 3.29. The van der Waals surface area contributed by atoms with Crippen LogP contribution in [0.15, 0.2) is 36.4 Å². The molecule has 0 radical (unpaired) electrons. The van der Waals surface area contributed by atoms with Gasteiger partial charge in [0, 0.05) is 0 Å². The van der Waals surface area contributed by atoms with Gasteiger partial charge in [0.05, 0.1) is 5.41 Å². The van der Waals surface area contributed by atoms with Crippen molar-refractivity contribution < 1.29 is 9.90 Å². The first-order valence-electron chi connectivity index (χ1n) is 4.71. The van der Waals surface area contributed by atoms with Crippen molar-refractivity contribution in [1.29, 1.82) is 0 Å². The average Bonchev–Trinajstić information content (AvgIpc) is 2.97. The molecule has 1 aliphatic carbocycles. The molecule has 72 valence electrons. The highest BCUT2D eigenvalue weighted by atomic mass is 16.4. The molecule has 0 unspecified atom stereocenters. The van der Waals surface area contributed by atoms with Crippen LogP contribution in [0.5, 0.6) is 0 Å². The molecule has 2 heteroatoms. The molecule has 1 aromatic carbocycles. The van der Waals surface area contributed by atoms with Gasteiger partial charge in [0.15, 0.2) is 0 Å². The van der Waals surface area contributed by atoms with E-state index in [1.54, 1.807) is 0 Å². The van der Waals surface area contributed by atoms with Crippen molar-refractivity contribution in [3.63, 3.8) is 0 Å². The van der Waals surface area contributed by atoms with Crippen LogP contribution >= 0.6 is 0 Å². The average molecular weight is 188 g/mol. The zero-order valence-corrected chi connectivity index (χ0v) is 7.81. The number of benzene rings is 1. The summed E-state index contributed by atoms with van der Waals surface area (Å²) in [6, 6.07) is 9.77. The zero-order chi connectivity index (χ0) is 10.0. The summed E-state index contributed by atoms with van der Waals surface area (Å²) in [6.07, 6.45) is 5.24. The van der Waals surface area contributed by atoms with E-state index in [-0.39, 0.29) is 0 Å². The Morgan fingerprint density at radius 2 is 1.93 bits per heavy atom. The first-order valence-corrected chi connectivity index (χ1v) is 4.71. The Hall–Kier alpha value is -1.57. The summed E-state index contributed by atoms with van der Waals surface area (Å²) in [5.41, 5.74) is 0.496. The molecule has 1 N–H and O–H groups in total. The summed E-state index contributed by atoms with van der Waals surface area (Å²) in [6.45, 7) is 0. The molecule has 1 saturated carbocycles. The molecule has 2 rings (SSSR count). The number of rotatable bonds is 3. The molecule has 1 aromatic rings. The van der Waals surface area contributed by atoms with Crippen LogP contribution in [0, 0.1) is 5.41 Å². The molecule has 0 amide bonds. The second-order valence-electron chi connectivity index (χ2n) is 3.71. The van der Waals surface area contributed by atoms with Gasteiger partial charge in [-0.2, -0.15) is 0 Å². The standard InChI is InChI=1S/C12H12O2/c13-11(14)12(8-9-12)7-6-10-4-2-1-3-5-10/h1-7H,8-9H2,(H,13,14). The predicted molar refractivity (Wildman–Crippen MR) is 54.8 cm³/mol. The third-order valence-corrected chi connectivity index (χ3v) is 2.61. The lowest BCUT2D eigenvalue weighted by Gasteiger charge is -2.01. The van der Waals surface area contributed by atoms with Crippen LogP contribution in [0.4, 0.5) is 0 Å². The van der Waals surface area contributed by atoms with E-state index in [1.165, 1.54) is 0 Å². The minimum atomic E-state index is -0.704. The van der Waals surface area contributed by atoms with Crippen LogP contribution in [-0.4, -0.2) is 11.1 Å². The van der Waals surface area contributed by atoms with Gasteiger partial charge >= 0.3 is 5.97 Å². The molecule has 0 atom stereocenters. The van der Waals surface area contributed by atoms with Crippen molar-refractivity contribution in [3.8, 4) is 0 Å². The van der Waals surface area contributed by atoms with Gasteiger partial charge in [0.1, 0.15) is 0 Å². The van der Waals surface area contributed by atoms with Crippen molar-refractivity contribution in [2.75, 3.05) is 0 Å². The maximum atomic E-state index is 10.9. The number of hydrogen-bond acceptors (Lipinski definition) is 1. The third-order valence-electron chi connectivity index (χ3n) is 2.61. The van der Waals surface area contributed by atoms with Gasteiger partial charge in [-0.15, -0.1) is 0 Å². The third kappa shape index (κ3) is 1.69.